The molecule has 0 aliphatic heterocycles. The van der Waals surface area contributed by atoms with Crippen molar-refractivity contribution in [3.63, 3.8) is 0 Å². The minimum atomic E-state index is -0.789. The van der Waals surface area contributed by atoms with Crippen molar-refractivity contribution in [1.82, 2.24) is 0 Å². The average Bonchev–Trinajstić information content (AvgIpc) is 2.31. The lowest BCUT2D eigenvalue weighted by Crippen LogP contribution is -2.12. The first kappa shape index (κ1) is 12.5. The van der Waals surface area contributed by atoms with Crippen LogP contribution >= 0.6 is 11.6 Å². The van der Waals surface area contributed by atoms with Crippen molar-refractivity contribution < 1.29 is 14.3 Å². The second kappa shape index (κ2) is 6.11. The Morgan fingerprint density at radius 1 is 1.56 bits per heavy atom. The SMILES string of the molecule is C#CCOC(/C(Cl)=N\O)c1ccc(F)cc1. The molecule has 0 amide bonds. The summed E-state index contributed by atoms with van der Waals surface area (Å²) in [6.07, 6.45) is 4.25. The molecular weight excluding hydrogens is 233 g/mol. The summed E-state index contributed by atoms with van der Waals surface area (Å²) in [6, 6.07) is 5.46. The highest BCUT2D eigenvalue weighted by Crippen LogP contribution is 2.21. The molecule has 1 atom stereocenters. The molecule has 0 aromatic heterocycles. The first-order chi connectivity index (χ1) is 7.69. The summed E-state index contributed by atoms with van der Waals surface area (Å²) in [5, 5.41) is 11.2. The number of hydrogen-bond acceptors (Lipinski definition) is 3. The largest absolute Gasteiger partial charge is 0.410 e. The van der Waals surface area contributed by atoms with Gasteiger partial charge in [-0.1, -0.05) is 34.8 Å². The molecule has 1 N–H and O–H groups in total. The van der Waals surface area contributed by atoms with Crippen LogP contribution < -0.4 is 0 Å². The van der Waals surface area contributed by atoms with Gasteiger partial charge in [0.2, 0.25) is 0 Å². The second-order valence-electron chi connectivity index (χ2n) is 2.87. The molecule has 0 aliphatic carbocycles. The number of oxime groups is 1. The Bertz CT molecular complexity index is 411. The molecule has 0 bridgehead atoms. The van der Waals surface area contributed by atoms with Crippen LogP contribution in [0.5, 0.6) is 0 Å². The predicted octanol–water partition coefficient (Wildman–Crippen LogP) is 2.54. The van der Waals surface area contributed by atoms with Gasteiger partial charge >= 0.3 is 0 Å². The Kier molecular flexibility index (Phi) is 4.77. The van der Waals surface area contributed by atoms with Gasteiger partial charge in [-0.3, -0.25) is 0 Å². The summed E-state index contributed by atoms with van der Waals surface area (Å²) in [6.45, 7) is 0.00772. The Morgan fingerprint density at radius 2 is 2.19 bits per heavy atom. The van der Waals surface area contributed by atoms with E-state index in [2.05, 4.69) is 11.1 Å². The van der Waals surface area contributed by atoms with Gasteiger partial charge < -0.3 is 9.94 Å². The summed E-state index contributed by atoms with van der Waals surface area (Å²) in [7, 11) is 0. The van der Waals surface area contributed by atoms with E-state index in [1.807, 2.05) is 0 Å². The van der Waals surface area contributed by atoms with Crippen molar-refractivity contribution in [2.45, 2.75) is 6.10 Å². The van der Waals surface area contributed by atoms with E-state index in [0.29, 0.717) is 5.56 Å². The zero-order valence-corrected chi connectivity index (χ0v) is 8.99. The maximum absolute atomic E-state index is 12.7. The van der Waals surface area contributed by atoms with Crippen molar-refractivity contribution in [2.24, 2.45) is 5.16 Å². The third kappa shape index (κ3) is 3.23. The summed E-state index contributed by atoms with van der Waals surface area (Å²) >= 11 is 5.65. The van der Waals surface area contributed by atoms with Crippen LogP contribution in [0.15, 0.2) is 29.4 Å². The molecule has 0 fully saturated rings. The molecule has 0 heterocycles. The lowest BCUT2D eigenvalue weighted by Gasteiger charge is -2.14. The minimum Gasteiger partial charge on any atom is -0.410 e. The number of halogens is 2. The van der Waals surface area contributed by atoms with Gasteiger partial charge in [-0.05, 0) is 17.7 Å². The maximum atomic E-state index is 12.7. The molecule has 84 valence electrons. The lowest BCUT2D eigenvalue weighted by molar-refractivity contribution is 0.127. The van der Waals surface area contributed by atoms with E-state index in [-0.39, 0.29) is 17.6 Å². The van der Waals surface area contributed by atoms with Crippen LogP contribution in [0.3, 0.4) is 0 Å². The van der Waals surface area contributed by atoms with Crippen LogP contribution in [0.4, 0.5) is 4.39 Å². The fourth-order valence-electron chi connectivity index (χ4n) is 1.12. The molecule has 1 aromatic carbocycles. The van der Waals surface area contributed by atoms with Crippen molar-refractivity contribution in [3.8, 4) is 12.3 Å². The molecule has 3 nitrogen and oxygen atoms in total. The fourth-order valence-corrected chi connectivity index (χ4v) is 1.31. The summed E-state index contributed by atoms with van der Waals surface area (Å²) in [5.41, 5.74) is 0.555. The van der Waals surface area contributed by atoms with E-state index in [0.717, 1.165) is 0 Å². The van der Waals surface area contributed by atoms with Crippen LogP contribution in [-0.2, 0) is 4.74 Å². The fraction of sp³-hybridized carbons (Fsp3) is 0.182. The summed E-state index contributed by atoms with van der Waals surface area (Å²) in [4.78, 5) is 0. The van der Waals surface area contributed by atoms with Crippen LogP contribution in [0.25, 0.3) is 0 Å². The van der Waals surface area contributed by atoms with Gasteiger partial charge in [-0.25, -0.2) is 4.39 Å². The van der Waals surface area contributed by atoms with Gasteiger partial charge in [0, 0.05) is 0 Å². The molecule has 0 saturated carbocycles. The minimum absolute atomic E-state index is 0.00772. The molecular formula is C11H9ClFNO2. The van der Waals surface area contributed by atoms with Gasteiger partial charge in [0.1, 0.15) is 18.5 Å². The van der Waals surface area contributed by atoms with E-state index >= 15 is 0 Å². The van der Waals surface area contributed by atoms with Crippen molar-refractivity contribution in [3.05, 3.63) is 35.6 Å². The van der Waals surface area contributed by atoms with Gasteiger partial charge in [0.15, 0.2) is 5.17 Å². The normalized spacial score (nSPS) is 13.2. The third-order valence-corrected chi connectivity index (χ3v) is 2.09. The second-order valence-corrected chi connectivity index (χ2v) is 3.26. The van der Waals surface area contributed by atoms with Crippen molar-refractivity contribution >= 4 is 16.8 Å². The smallest absolute Gasteiger partial charge is 0.178 e. The molecule has 0 spiro atoms. The number of benzene rings is 1. The molecule has 0 saturated heterocycles. The molecule has 1 aromatic rings. The van der Waals surface area contributed by atoms with E-state index in [1.165, 1.54) is 24.3 Å². The highest BCUT2D eigenvalue weighted by Gasteiger charge is 2.17. The molecule has 0 aliphatic rings. The first-order valence-electron chi connectivity index (χ1n) is 4.37. The zero-order chi connectivity index (χ0) is 12.0. The predicted molar refractivity (Wildman–Crippen MR) is 59.0 cm³/mol. The summed E-state index contributed by atoms with van der Waals surface area (Å²) in [5.74, 6) is 1.89. The first-order valence-corrected chi connectivity index (χ1v) is 4.74. The van der Waals surface area contributed by atoms with Gasteiger partial charge in [0.05, 0.1) is 0 Å². The van der Waals surface area contributed by atoms with Gasteiger partial charge in [-0.15, -0.1) is 6.42 Å². The van der Waals surface area contributed by atoms with Crippen LogP contribution in [-0.4, -0.2) is 17.0 Å². The Balaban J connectivity index is 2.92. The number of hydrogen-bond donors (Lipinski definition) is 1. The quantitative estimate of drug-likeness (QED) is 0.381. The Labute approximate surface area is 97.5 Å². The monoisotopic (exact) mass is 241 g/mol. The Hall–Kier alpha value is -1.57. The van der Waals surface area contributed by atoms with E-state index in [4.69, 9.17) is 28.0 Å². The zero-order valence-electron chi connectivity index (χ0n) is 8.23. The lowest BCUT2D eigenvalue weighted by atomic mass is 10.1. The highest BCUT2D eigenvalue weighted by molar-refractivity contribution is 6.66. The van der Waals surface area contributed by atoms with Crippen LogP contribution in [0.2, 0.25) is 0 Å². The van der Waals surface area contributed by atoms with Crippen molar-refractivity contribution in [1.29, 1.82) is 0 Å². The molecule has 0 radical (unpaired) electrons. The van der Waals surface area contributed by atoms with E-state index < -0.39 is 6.10 Å². The third-order valence-electron chi connectivity index (χ3n) is 1.82. The van der Waals surface area contributed by atoms with Crippen LogP contribution in [0.1, 0.15) is 11.7 Å². The molecule has 1 rings (SSSR count). The van der Waals surface area contributed by atoms with Gasteiger partial charge in [-0.2, -0.15) is 0 Å². The topological polar surface area (TPSA) is 41.8 Å². The van der Waals surface area contributed by atoms with Crippen molar-refractivity contribution in [2.75, 3.05) is 6.61 Å². The number of ether oxygens (including phenoxy) is 1. The average molecular weight is 242 g/mol. The molecule has 1 unspecified atom stereocenters. The number of rotatable bonds is 4. The number of terminal acetylenes is 1. The van der Waals surface area contributed by atoms with Gasteiger partial charge in [0.25, 0.3) is 0 Å². The number of nitrogens with zero attached hydrogens (tertiary/aromatic N) is 1. The standard InChI is InChI=1S/C11H9ClFNO2/c1-2-7-16-10(11(12)14-15)8-3-5-9(13)6-4-8/h1,3-6,10,15H,7H2/b14-11+. The summed E-state index contributed by atoms with van der Waals surface area (Å²) < 4.78 is 17.9. The van der Waals surface area contributed by atoms with E-state index in [9.17, 15) is 4.39 Å². The van der Waals surface area contributed by atoms with Crippen LogP contribution in [0, 0.1) is 18.2 Å². The maximum Gasteiger partial charge on any atom is 0.178 e. The molecule has 16 heavy (non-hydrogen) atoms. The highest BCUT2D eigenvalue weighted by atomic mass is 35.5. The Morgan fingerprint density at radius 3 is 2.69 bits per heavy atom. The molecule has 5 heteroatoms. The van der Waals surface area contributed by atoms with E-state index in [1.54, 1.807) is 0 Å².